The monoisotopic (exact) mass is 285 g/mol. The van der Waals surface area contributed by atoms with Crippen LogP contribution in [0.25, 0.3) is 0 Å². The SMILES string of the molecule is CCNC(C)c1cccnc1N(Cc1ccco1)C1CC1. The molecule has 112 valence electrons. The van der Waals surface area contributed by atoms with Crippen molar-refractivity contribution in [3.05, 3.63) is 48.0 Å². The number of hydrogen-bond acceptors (Lipinski definition) is 4. The number of nitrogens with one attached hydrogen (secondary N) is 1. The first-order chi connectivity index (χ1) is 10.3. The molecule has 0 bridgehead atoms. The molecule has 1 aliphatic rings. The number of furan rings is 1. The molecule has 1 N–H and O–H groups in total. The summed E-state index contributed by atoms with van der Waals surface area (Å²) in [6.07, 6.45) is 6.11. The maximum absolute atomic E-state index is 5.53. The van der Waals surface area contributed by atoms with Crippen LogP contribution in [-0.4, -0.2) is 17.6 Å². The van der Waals surface area contributed by atoms with Crippen LogP contribution in [0.2, 0.25) is 0 Å². The van der Waals surface area contributed by atoms with Gasteiger partial charge in [0.1, 0.15) is 11.6 Å². The lowest BCUT2D eigenvalue weighted by atomic mass is 10.1. The van der Waals surface area contributed by atoms with E-state index in [0.717, 1.165) is 24.7 Å². The molecule has 1 unspecified atom stereocenters. The largest absolute Gasteiger partial charge is 0.467 e. The van der Waals surface area contributed by atoms with E-state index in [-0.39, 0.29) is 0 Å². The summed E-state index contributed by atoms with van der Waals surface area (Å²) in [5, 5.41) is 3.49. The zero-order valence-corrected chi connectivity index (χ0v) is 12.7. The summed E-state index contributed by atoms with van der Waals surface area (Å²) in [6, 6.07) is 9.07. The number of hydrogen-bond donors (Lipinski definition) is 1. The lowest BCUT2D eigenvalue weighted by Crippen LogP contribution is -2.29. The van der Waals surface area contributed by atoms with Gasteiger partial charge in [-0.05, 0) is 44.5 Å². The topological polar surface area (TPSA) is 41.3 Å². The fourth-order valence-electron chi connectivity index (χ4n) is 2.74. The standard InChI is InChI=1S/C17H23N3O/c1-3-18-13(2)16-7-4-10-19-17(16)20(14-8-9-14)12-15-6-5-11-21-15/h4-7,10-11,13-14,18H,3,8-9,12H2,1-2H3. The van der Waals surface area contributed by atoms with Crippen LogP contribution in [0.4, 0.5) is 5.82 Å². The van der Waals surface area contributed by atoms with Gasteiger partial charge in [0, 0.05) is 23.8 Å². The van der Waals surface area contributed by atoms with Gasteiger partial charge in [-0.25, -0.2) is 4.98 Å². The van der Waals surface area contributed by atoms with Crippen LogP contribution in [0.3, 0.4) is 0 Å². The first-order valence-corrected chi connectivity index (χ1v) is 7.77. The Labute approximate surface area is 126 Å². The number of pyridine rings is 1. The first-order valence-electron chi connectivity index (χ1n) is 7.77. The van der Waals surface area contributed by atoms with Gasteiger partial charge in [-0.2, -0.15) is 0 Å². The molecule has 2 aromatic rings. The molecule has 1 atom stereocenters. The molecule has 0 aliphatic heterocycles. The van der Waals surface area contributed by atoms with E-state index in [1.54, 1.807) is 6.26 Å². The van der Waals surface area contributed by atoms with Crippen molar-refractivity contribution in [2.75, 3.05) is 11.4 Å². The second-order valence-corrected chi connectivity index (χ2v) is 5.63. The molecular formula is C17H23N3O. The van der Waals surface area contributed by atoms with Crippen LogP contribution in [0.5, 0.6) is 0 Å². The average molecular weight is 285 g/mol. The summed E-state index contributed by atoms with van der Waals surface area (Å²) >= 11 is 0. The molecule has 0 radical (unpaired) electrons. The van der Waals surface area contributed by atoms with Crippen LogP contribution < -0.4 is 10.2 Å². The van der Waals surface area contributed by atoms with Gasteiger partial charge in [0.15, 0.2) is 0 Å². The second kappa shape index (κ2) is 6.31. The van der Waals surface area contributed by atoms with E-state index in [0.29, 0.717) is 12.1 Å². The Morgan fingerprint density at radius 2 is 2.24 bits per heavy atom. The Bertz CT molecular complexity index is 563. The van der Waals surface area contributed by atoms with Gasteiger partial charge >= 0.3 is 0 Å². The Hall–Kier alpha value is -1.81. The normalized spacial score (nSPS) is 15.9. The smallest absolute Gasteiger partial charge is 0.133 e. The maximum Gasteiger partial charge on any atom is 0.133 e. The van der Waals surface area contributed by atoms with E-state index >= 15 is 0 Å². The molecule has 1 fully saturated rings. The highest BCUT2D eigenvalue weighted by Gasteiger charge is 2.32. The zero-order valence-electron chi connectivity index (χ0n) is 12.7. The highest BCUT2D eigenvalue weighted by molar-refractivity contribution is 5.50. The number of nitrogens with zero attached hydrogens (tertiary/aromatic N) is 2. The minimum absolute atomic E-state index is 0.302. The number of rotatable bonds is 7. The first kappa shape index (κ1) is 14.1. The van der Waals surface area contributed by atoms with E-state index < -0.39 is 0 Å². The summed E-state index contributed by atoms with van der Waals surface area (Å²) in [5.41, 5.74) is 1.26. The highest BCUT2D eigenvalue weighted by Crippen LogP contribution is 2.35. The molecule has 3 rings (SSSR count). The summed E-state index contributed by atoms with van der Waals surface area (Å²) in [4.78, 5) is 7.06. The third-order valence-electron chi connectivity index (χ3n) is 3.96. The van der Waals surface area contributed by atoms with Crippen molar-refractivity contribution in [2.45, 2.75) is 45.3 Å². The molecule has 1 saturated carbocycles. The molecular weight excluding hydrogens is 262 g/mol. The predicted octanol–water partition coefficient (Wildman–Crippen LogP) is 3.51. The lowest BCUT2D eigenvalue weighted by Gasteiger charge is -2.27. The molecule has 21 heavy (non-hydrogen) atoms. The molecule has 4 nitrogen and oxygen atoms in total. The molecule has 2 heterocycles. The van der Waals surface area contributed by atoms with Gasteiger partial charge in [0.2, 0.25) is 0 Å². The van der Waals surface area contributed by atoms with Gasteiger partial charge in [-0.15, -0.1) is 0 Å². The Morgan fingerprint density at radius 1 is 1.38 bits per heavy atom. The van der Waals surface area contributed by atoms with E-state index in [9.17, 15) is 0 Å². The second-order valence-electron chi connectivity index (χ2n) is 5.63. The van der Waals surface area contributed by atoms with Crippen molar-refractivity contribution in [3.63, 3.8) is 0 Å². The van der Waals surface area contributed by atoms with Gasteiger partial charge in [0.25, 0.3) is 0 Å². The summed E-state index contributed by atoms with van der Waals surface area (Å²) in [6.45, 7) is 6.08. The van der Waals surface area contributed by atoms with Gasteiger partial charge in [-0.1, -0.05) is 13.0 Å². The molecule has 0 spiro atoms. The van der Waals surface area contributed by atoms with Crippen molar-refractivity contribution >= 4 is 5.82 Å². The summed E-state index contributed by atoms with van der Waals surface area (Å²) in [7, 11) is 0. The molecule has 0 aromatic carbocycles. The third-order valence-corrected chi connectivity index (χ3v) is 3.96. The zero-order chi connectivity index (χ0) is 14.7. The Kier molecular flexibility index (Phi) is 4.25. The van der Waals surface area contributed by atoms with Crippen molar-refractivity contribution in [3.8, 4) is 0 Å². The number of aromatic nitrogens is 1. The van der Waals surface area contributed by atoms with E-state index in [1.807, 2.05) is 24.4 Å². The van der Waals surface area contributed by atoms with Crippen molar-refractivity contribution in [2.24, 2.45) is 0 Å². The van der Waals surface area contributed by atoms with E-state index in [1.165, 1.54) is 18.4 Å². The Balaban J connectivity index is 1.88. The van der Waals surface area contributed by atoms with Crippen molar-refractivity contribution < 1.29 is 4.42 Å². The van der Waals surface area contributed by atoms with Crippen LogP contribution in [0.1, 0.15) is 44.1 Å². The average Bonchev–Trinajstić information content (AvgIpc) is 3.22. The lowest BCUT2D eigenvalue weighted by molar-refractivity contribution is 0.498. The predicted molar refractivity (Wildman–Crippen MR) is 84.2 cm³/mol. The van der Waals surface area contributed by atoms with Crippen LogP contribution in [0.15, 0.2) is 41.1 Å². The van der Waals surface area contributed by atoms with Crippen LogP contribution >= 0.6 is 0 Å². The van der Waals surface area contributed by atoms with Crippen molar-refractivity contribution in [1.29, 1.82) is 0 Å². The molecule has 1 aliphatic carbocycles. The fraction of sp³-hybridized carbons (Fsp3) is 0.471. The highest BCUT2D eigenvalue weighted by atomic mass is 16.3. The molecule has 0 saturated heterocycles. The molecule has 4 heteroatoms. The van der Waals surface area contributed by atoms with Gasteiger partial charge < -0.3 is 14.6 Å². The van der Waals surface area contributed by atoms with Gasteiger partial charge in [0.05, 0.1) is 12.8 Å². The summed E-state index contributed by atoms with van der Waals surface area (Å²) in [5.74, 6) is 2.08. The maximum atomic E-state index is 5.53. The fourth-order valence-corrected chi connectivity index (χ4v) is 2.74. The minimum atomic E-state index is 0.302. The number of anilines is 1. The van der Waals surface area contributed by atoms with E-state index in [2.05, 4.69) is 35.1 Å². The van der Waals surface area contributed by atoms with Crippen LogP contribution in [0, 0.1) is 0 Å². The quantitative estimate of drug-likeness (QED) is 0.845. The summed E-state index contributed by atoms with van der Waals surface area (Å²) < 4.78 is 5.53. The Morgan fingerprint density at radius 3 is 2.90 bits per heavy atom. The van der Waals surface area contributed by atoms with E-state index in [4.69, 9.17) is 4.42 Å². The van der Waals surface area contributed by atoms with Crippen LogP contribution in [-0.2, 0) is 6.54 Å². The minimum Gasteiger partial charge on any atom is -0.467 e. The third kappa shape index (κ3) is 3.27. The van der Waals surface area contributed by atoms with Crippen molar-refractivity contribution in [1.82, 2.24) is 10.3 Å². The molecule has 2 aromatic heterocycles. The van der Waals surface area contributed by atoms with Gasteiger partial charge in [-0.3, -0.25) is 0 Å². The molecule has 0 amide bonds.